The molecule has 2 N–H and O–H groups in total. The van der Waals surface area contributed by atoms with Gasteiger partial charge in [-0.15, -0.1) is 0 Å². The summed E-state index contributed by atoms with van der Waals surface area (Å²) in [5.41, 5.74) is 7.05. The van der Waals surface area contributed by atoms with Crippen LogP contribution in [0.3, 0.4) is 0 Å². The molecule has 0 spiro atoms. The smallest absolute Gasteiger partial charge is 0.219 e. The second kappa shape index (κ2) is 6.86. The lowest BCUT2D eigenvalue weighted by atomic mass is 10.1. The molecule has 0 saturated carbocycles. The Kier molecular flexibility index (Phi) is 4.90. The zero-order chi connectivity index (χ0) is 14.4. The highest BCUT2D eigenvalue weighted by atomic mass is 19.1. The standard InChI is InChI=1S/C15H17FN2O2/c1-19-15-12(5-3-9-18-15)10-20-14-11(7-8-17)4-2-6-13(14)16/h2-6,9H,7-8,10,17H2,1H3. The number of rotatable bonds is 6. The predicted octanol–water partition coefficient (Wildman–Crippen LogP) is 2.31. The molecule has 0 fully saturated rings. The molecular formula is C15H17FN2O2. The third-order valence-corrected chi connectivity index (χ3v) is 2.88. The lowest BCUT2D eigenvalue weighted by Crippen LogP contribution is -2.07. The fraction of sp³-hybridized carbons (Fsp3) is 0.267. The molecule has 0 aliphatic rings. The number of halogens is 1. The van der Waals surface area contributed by atoms with Crippen LogP contribution in [0.1, 0.15) is 11.1 Å². The summed E-state index contributed by atoms with van der Waals surface area (Å²) >= 11 is 0. The second-order valence-electron chi connectivity index (χ2n) is 4.23. The second-order valence-corrected chi connectivity index (χ2v) is 4.23. The van der Waals surface area contributed by atoms with E-state index in [1.54, 1.807) is 18.3 Å². The van der Waals surface area contributed by atoms with E-state index in [0.29, 0.717) is 18.8 Å². The van der Waals surface area contributed by atoms with Crippen molar-refractivity contribution in [3.8, 4) is 11.6 Å². The van der Waals surface area contributed by atoms with Gasteiger partial charge in [-0.1, -0.05) is 12.1 Å². The van der Waals surface area contributed by atoms with E-state index in [1.807, 2.05) is 12.1 Å². The fourth-order valence-corrected chi connectivity index (χ4v) is 1.94. The first kappa shape index (κ1) is 14.3. The summed E-state index contributed by atoms with van der Waals surface area (Å²) in [6, 6.07) is 8.44. The van der Waals surface area contributed by atoms with E-state index in [4.69, 9.17) is 15.2 Å². The van der Waals surface area contributed by atoms with Gasteiger partial charge >= 0.3 is 0 Å². The molecular weight excluding hydrogens is 259 g/mol. The average molecular weight is 276 g/mol. The summed E-state index contributed by atoms with van der Waals surface area (Å²) in [7, 11) is 1.54. The van der Waals surface area contributed by atoms with E-state index in [1.165, 1.54) is 13.2 Å². The van der Waals surface area contributed by atoms with Crippen LogP contribution >= 0.6 is 0 Å². The van der Waals surface area contributed by atoms with Crippen LogP contribution in [0.15, 0.2) is 36.5 Å². The minimum absolute atomic E-state index is 0.190. The summed E-state index contributed by atoms with van der Waals surface area (Å²) in [6.07, 6.45) is 2.20. The number of para-hydroxylation sites is 1. The van der Waals surface area contributed by atoms with Gasteiger partial charge in [-0.3, -0.25) is 0 Å². The molecule has 1 heterocycles. The van der Waals surface area contributed by atoms with Crippen LogP contribution in [0.5, 0.6) is 11.6 Å². The van der Waals surface area contributed by atoms with Crippen LogP contribution in [0.25, 0.3) is 0 Å². The maximum Gasteiger partial charge on any atom is 0.219 e. The van der Waals surface area contributed by atoms with Crippen LogP contribution in [-0.2, 0) is 13.0 Å². The quantitative estimate of drug-likeness (QED) is 0.879. The van der Waals surface area contributed by atoms with Crippen molar-refractivity contribution in [2.75, 3.05) is 13.7 Å². The van der Waals surface area contributed by atoms with Gasteiger partial charge in [0.25, 0.3) is 0 Å². The van der Waals surface area contributed by atoms with Crippen LogP contribution < -0.4 is 15.2 Å². The Morgan fingerprint density at radius 3 is 2.75 bits per heavy atom. The number of hydrogen-bond acceptors (Lipinski definition) is 4. The zero-order valence-corrected chi connectivity index (χ0v) is 11.3. The largest absolute Gasteiger partial charge is 0.485 e. The number of nitrogens with zero attached hydrogens (tertiary/aromatic N) is 1. The maximum absolute atomic E-state index is 13.8. The molecule has 0 saturated heterocycles. The molecule has 2 rings (SSSR count). The first-order valence-electron chi connectivity index (χ1n) is 6.34. The van der Waals surface area contributed by atoms with E-state index in [0.717, 1.165) is 11.1 Å². The molecule has 0 bridgehead atoms. The minimum atomic E-state index is -0.390. The maximum atomic E-state index is 13.8. The topological polar surface area (TPSA) is 57.4 Å². The fourth-order valence-electron chi connectivity index (χ4n) is 1.94. The number of aromatic nitrogens is 1. The minimum Gasteiger partial charge on any atom is -0.485 e. The van der Waals surface area contributed by atoms with Crippen molar-refractivity contribution in [2.24, 2.45) is 5.73 Å². The molecule has 0 amide bonds. The van der Waals surface area contributed by atoms with Gasteiger partial charge in [0.05, 0.1) is 12.7 Å². The van der Waals surface area contributed by atoms with Crippen molar-refractivity contribution in [3.63, 3.8) is 0 Å². The van der Waals surface area contributed by atoms with Gasteiger partial charge in [-0.05, 0) is 36.7 Å². The lowest BCUT2D eigenvalue weighted by Gasteiger charge is -2.13. The Morgan fingerprint density at radius 2 is 2.00 bits per heavy atom. The van der Waals surface area contributed by atoms with E-state index in [-0.39, 0.29) is 18.2 Å². The average Bonchev–Trinajstić information content (AvgIpc) is 2.47. The first-order valence-corrected chi connectivity index (χ1v) is 6.34. The number of methoxy groups -OCH3 is 1. The molecule has 106 valence electrons. The number of pyridine rings is 1. The number of ether oxygens (including phenoxy) is 2. The highest BCUT2D eigenvalue weighted by Gasteiger charge is 2.11. The molecule has 0 radical (unpaired) electrons. The predicted molar refractivity (Wildman–Crippen MR) is 74.3 cm³/mol. The van der Waals surface area contributed by atoms with Gasteiger partial charge in [0, 0.05) is 6.20 Å². The Balaban J connectivity index is 2.18. The summed E-state index contributed by atoms with van der Waals surface area (Å²) in [6.45, 7) is 0.631. The third kappa shape index (κ3) is 3.24. The number of benzene rings is 1. The van der Waals surface area contributed by atoms with Crippen molar-refractivity contribution in [2.45, 2.75) is 13.0 Å². The van der Waals surface area contributed by atoms with E-state index >= 15 is 0 Å². The van der Waals surface area contributed by atoms with Gasteiger partial charge < -0.3 is 15.2 Å². The van der Waals surface area contributed by atoms with Gasteiger partial charge in [0.2, 0.25) is 5.88 Å². The van der Waals surface area contributed by atoms with Gasteiger partial charge in [-0.2, -0.15) is 0 Å². The molecule has 2 aromatic rings. The Morgan fingerprint density at radius 1 is 1.20 bits per heavy atom. The monoisotopic (exact) mass is 276 g/mol. The normalized spacial score (nSPS) is 10.3. The Hall–Kier alpha value is -2.14. The Bertz CT molecular complexity index is 576. The van der Waals surface area contributed by atoms with Gasteiger partial charge in [0.1, 0.15) is 6.61 Å². The number of hydrogen-bond donors (Lipinski definition) is 1. The molecule has 1 aromatic carbocycles. The van der Waals surface area contributed by atoms with Gasteiger partial charge in [-0.25, -0.2) is 9.37 Å². The zero-order valence-electron chi connectivity index (χ0n) is 11.3. The highest BCUT2D eigenvalue weighted by molar-refractivity contribution is 5.36. The highest BCUT2D eigenvalue weighted by Crippen LogP contribution is 2.25. The van der Waals surface area contributed by atoms with E-state index < -0.39 is 0 Å². The van der Waals surface area contributed by atoms with Crippen LogP contribution in [-0.4, -0.2) is 18.6 Å². The molecule has 0 unspecified atom stereocenters. The van der Waals surface area contributed by atoms with Crippen molar-refractivity contribution in [1.82, 2.24) is 4.98 Å². The summed E-state index contributed by atoms with van der Waals surface area (Å²) < 4.78 is 24.6. The summed E-state index contributed by atoms with van der Waals surface area (Å²) in [4.78, 5) is 4.07. The van der Waals surface area contributed by atoms with Crippen molar-refractivity contribution < 1.29 is 13.9 Å². The van der Waals surface area contributed by atoms with Crippen molar-refractivity contribution in [1.29, 1.82) is 0 Å². The molecule has 0 aliphatic carbocycles. The van der Waals surface area contributed by atoms with E-state index in [2.05, 4.69) is 4.98 Å². The Labute approximate surface area is 117 Å². The van der Waals surface area contributed by atoms with Gasteiger partial charge in [0.15, 0.2) is 11.6 Å². The SMILES string of the molecule is COc1ncccc1COc1c(F)cccc1CCN. The van der Waals surface area contributed by atoms with Crippen molar-refractivity contribution in [3.05, 3.63) is 53.5 Å². The molecule has 5 heteroatoms. The van der Waals surface area contributed by atoms with Crippen LogP contribution in [0.2, 0.25) is 0 Å². The van der Waals surface area contributed by atoms with Crippen LogP contribution in [0.4, 0.5) is 4.39 Å². The first-order chi connectivity index (χ1) is 9.76. The van der Waals surface area contributed by atoms with Crippen LogP contribution in [0, 0.1) is 5.82 Å². The summed E-state index contributed by atoms with van der Waals surface area (Å²) in [5, 5.41) is 0. The van der Waals surface area contributed by atoms with E-state index in [9.17, 15) is 4.39 Å². The molecule has 1 aromatic heterocycles. The third-order valence-electron chi connectivity index (χ3n) is 2.88. The molecule has 0 atom stereocenters. The number of nitrogens with two attached hydrogens (primary N) is 1. The lowest BCUT2D eigenvalue weighted by molar-refractivity contribution is 0.277. The molecule has 0 aliphatic heterocycles. The molecule has 4 nitrogen and oxygen atoms in total. The summed E-state index contributed by atoms with van der Waals surface area (Å²) in [5.74, 6) is 0.326. The van der Waals surface area contributed by atoms with Crippen molar-refractivity contribution >= 4 is 0 Å². The molecule has 20 heavy (non-hydrogen) atoms.